The second kappa shape index (κ2) is 10.6. The highest BCUT2D eigenvalue weighted by Gasteiger charge is 2.61. The SMILES string of the molecule is CCN(CCNC[C@@H]1CCCC[C@H]1CN1C(=O)[C@@H]2[C@@H]3CC[C@@H](C3)[C@@H]2C1=O)C(=N)c1ccccc1S. The van der Waals surface area contributed by atoms with E-state index in [1.165, 1.54) is 12.8 Å². The molecule has 3 aliphatic carbocycles. The van der Waals surface area contributed by atoms with Crippen LogP contribution in [0.3, 0.4) is 0 Å². The maximum atomic E-state index is 13.2. The number of likely N-dealkylation sites (N-methyl/N-ethyl adjacent to an activating group) is 1. The van der Waals surface area contributed by atoms with Crippen molar-refractivity contribution in [3.63, 3.8) is 0 Å². The topological polar surface area (TPSA) is 76.5 Å². The van der Waals surface area contributed by atoms with Crippen molar-refractivity contribution in [3.05, 3.63) is 29.8 Å². The summed E-state index contributed by atoms with van der Waals surface area (Å²) in [4.78, 5) is 31.0. The third kappa shape index (κ3) is 4.78. The van der Waals surface area contributed by atoms with Crippen molar-refractivity contribution in [3.8, 4) is 0 Å². The number of imide groups is 1. The van der Waals surface area contributed by atoms with Crippen LogP contribution in [0.5, 0.6) is 0 Å². The molecule has 4 fully saturated rings. The van der Waals surface area contributed by atoms with Crippen molar-refractivity contribution < 1.29 is 9.59 Å². The van der Waals surface area contributed by atoms with E-state index in [1.54, 1.807) is 4.90 Å². The lowest BCUT2D eigenvalue weighted by Crippen LogP contribution is -2.43. The Morgan fingerprint density at radius 3 is 2.37 bits per heavy atom. The van der Waals surface area contributed by atoms with E-state index in [-0.39, 0.29) is 23.7 Å². The zero-order valence-electron chi connectivity index (χ0n) is 20.9. The molecule has 0 aromatic heterocycles. The van der Waals surface area contributed by atoms with Gasteiger partial charge in [0.15, 0.2) is 0 Å². The molecule has 5 rings (SSSR count). The van der Waals surface area contributed by atoms with Gasteiger partial charge in [-0.25, -0.2) is 0 Å². The second-order valence-electron chi connectivity index (χ2n) is 11.1. The number of carbonyl (C=O) groups excluding carboxylic acids is 2. The van der Waals surface area contributed by atoms with E-state index in [9.17, 15) is 9.59 Å². The lowest BCUT2D eigenvalue weighted by molar-refractivity contribution is -0.142. The fourth-order valence-corrected chi connectivity index (χ4v) is 7.72. The average Bonchev–Trinajstić information content (AvgIpc) is 3.55. The monoisotopic (exact) mass is 496 g/mol. The predicted octanol–water partition coefficient (Wildman–Crippen LogP) is 4.05. The number of hydrogen-bond donors (Lipinski definition) is 3. The van der Waals surface area contributed by atoms with Gasteiger partial charge in [-0.2, -0.15) is 0 Å². The minimum absolute atomic E-state index is 0.000792. The number of nitrogens with one attached hydrogen (secondary N) is 2. The first-order chi connectivity index (χ1) is 17.0. The minimum Gasteiger partial charge on any atom is -0.356 e. The van der Waals surface area contributed by atoms with Crippen molar-refractivity contribution in [2.24, 2.45) is 35.5 Å². The van der Waals surface area contributed by atoms with Gasteiger partial charge >= 0.3 is 0 Å². The molecule has 7 heteroatoms. The van der Waals surface area contributed by atoms with E-state index >= 15 is 0 Å². The Morgan fingerprint density at radius 1 is 1.06 bits per heavy atom. The molecule has 2 bridgehead atoms. The van der Waals surface area contributed by atoms with Gasteiger partial charge in [0.2, 0.25) is 11.8 Å². The van der Waals surface area contributed by atoms with Crippen LogP contribution in [0.15, 0.2) is 29.2 Å². The van der Waals surface area contributed by atoms with Crippen molar-refractivity contribution in [1.29, 1.82) is 5.41 Å². The van der Waals surface area contributed by atoms with Gasteiger partial charge in [-0.05, 0) is 75.3 Å². The summed E-state index contributed by atoms with van der Waals surface area (Å²) in [5, 5.41) is 12.3. The van der Waals surface area contributed by atoms with Gasteiger partial charge in [0.25, 0.3) is 0 Å². The van der Waals surface area contributed by atoms with Gasteiger partial charge in [-0.1, -0.05) is 31.0 Å². The molecular formula is C28H40N4O2S. The van der Waals surface area contributed by atoms with Crippen molar-refractivity contribution in [2.75, 3.05) is 32.7 Å². The third-order valence-corrected chi connectivity index (χ3v) is 9.71. The highest BCUT2D eigenvalue weighted by Crippen LogP contribution is 2.56. The number of benzene rings is 1. The first-order valence-corrected chi connectivity index (χ1v) is 14.1. The van der Waals surface area contributed by atoms with Gasteiger partial charge in [0.05, 0.1) is 11.8 Å². The van der Waals surface area contributed by atoms with Crippen LogP contribution in [0, 0.1) is 40.9 Å². The molecule has 3 saturated carbocycles. The lowest BCUT2D eigenvalue weighted by atomic mass is 9.78. The minimum atomic E-state index is -0.000792. The second-order valence-corrected chi connectivity index (χ2v) is 11.6. The van der Waals surface area contributed by atoms with E-state index < -0.39 is 0 Å². The summed E-state index contributed by atoms with van der Waals surface area (Å²) in [6, 6.07) is 7.77. The average molecular weight is 497 g/mol. The molecule has 190 valence electrons. The number of fused-ring (bicyclic) bond motifs is 5. The molecule has 1 saturated heterocycles. The molecular weight excluding hydrogens is 456 g/mol. The van der Waals surface area contributed by atoms with Gasteiger partial charge < -0.3 is 10.2 Å². The molecule has 1 heterocycles. The summed E-state index contributed by atoms with van der Waals surface area (Å²) in [5.74, 6) is 2.62. The normalized spacial score (nSPS) is 31.8. The van der Waals surface area contributed by atoms with Gasteiger partial charge in [0.1, 0.15) is 5.84 Å². The molecule has 1 aromatic rings. The van der Waals surface area contributed by atoms with Crippen LogP contribution in [-0.4, -0.2) is 60.2 Å². The maximum Gasteiger partial charge on any atom is 0.233 e. The highest BCUT2D eigenvalue weighted by atomic mass is 32.1. The largest absolute Gasteiger partial charge is 0.356 e. The summed E-state index contributed by atoms with van der Waals surface area (Å²) >= 11 is 4.52. The van der Waals surface area contributed by atoms with Crippen LogP contribution in [0.4, 0.5) is 0 Å². The summed E-state index contributed by atoms with van der Waals surface area (Å²) in [5.41, 5.74) is 0.864. The molecule has 0 unspecified atom stereocenters. The molecule has 1 aromatic carbocycles. The number of rotatable bonds is 9. The van der Waals surface area contributed by atoms with Gasteiger partial charge in [-0.15, -0.1) is 12.6 Å². The Morgan fingerprint density at radius 2 is 1.71 bits per heavy atom. The van der Waals surface area contributed by atoms with Crippen LogP contribution in [0.25, 0.3) is 0 Å². The number of amidine groups is 1. The smallest absolute Gasteiger partial charge is 0.233 e. The van der Waals surface area contributed by atoms with E-state index in [4.69, 9.17) is 5.41 Å². The van der Waals surface area contributed by atoms with E-state index in [0.29, 0.717) is 36.1 Å². The summed E-state index contributed by atoms with van der Waals surface area (Å²) in [6.07, 6.45) is 8.07. The number of likely N-dealkylation sites (tertiary alicyclic amines) is 1. The molecule has 0 radical (unpaired) electrons. The molecule has 1 aliphatic heterocycles. The number of nitrogens with zero attached hydrogens (tertiary/aromatic N) is 2. The van der Waals surface area contributed by atoms with E-state index in [0.717, 1.165) is 68.7 Å². The summed E-state index contributed by atoms with van der Waals surface area (Å²) in [7, 11) is 0. The Kier molecular flexibility index (Phi) is 7.54. The molecule has 2 N–H and O–H groups in total. The number of amides is 2. The lowest BCUT2D eigenvalue weighted by Gasteiger charge is -2.34. The fourth-order valence-electron chi connectivity index (χ4n) is 7.45. The zero-order chi connectivity index (χ0) is 24.5. The molecule has 4 aliphatic rings. The van der Waals surface area contributed by atoms with Gasteiger partial charge in [0, 0.05) is 36.6 Å². The van der Waals surface area contributed by atoms with Crippen LogP contribution in [-0.2, 0) is 9.59 Å². The summed E-state index contributed by atoms with van der Waals surface area (Å²) < 4.78 is 0. The number of thiol groups is 1. The molecule has 6 atom stereocenters. The quantitative estimate of drug-likeness (QED) is 0.159. The Bertz CT molecular complexity index is 940. The van der Waals surface area contributed by atoms with Crippen LogP contribution < -0.4 is 5.32 Å². The third-order valence-electron chi connectivity index (χ3n) is 9.32. The van der Waals surface area contributed by atoms with Crippen LogP contribution in [0.2, 0.25) is 0 Å². The molecule has 6 nitrogen and oxygen atoms in total. The number of hydrogen-bond acceptors (Lipinski definition) is 5. The summed E-state index contributed by atoms with van der Waals surface area (Å²) in [6.45, 7) is 5.97. The Balaban J connectivity index is 1.13. The zero-order valence-corrected chi connectivity index (χ0v) is 21.8. The highest BCUT2D eigenvalue weighted by molar-refractivity contribution is 7.80. The maximum absolute atomic E-state index is 13.2. The Hall–Kier alpha value is -1.86. The van der Waals surface area contributed by atoms with Crippen LogP contribution >= 0.6 is 12.6 Å². The van der Waals surface area contributed by atoms with Crippen molar-refractivity contribution in [2.45, 2.75) is 56.8 Å². The first-order valence-electron chi connectivity index (χ1n) is 13.7. The Labute approximate surface area is 215 Å². The fraction of sp³-hybridized carbons (Fsp3) is 0.679. The van der Waals surface area contributed by atoms with Crippen LogP contribution in [0.1, 0.15) is 57.4 Å². The van der Waals surface area contributed by atoms with Crippen molar-refractivity contribution >= 4 is 30.3 Å². The standard InChI is InChI=1S/C28H40N4O2S/c1-2-31(26(29)22-9-5-6-10-23(22)35)14-13-30-16-20-7-3-4-8-21(20)17-32-27(33)24-18-11-12-19(15-18)25(24)28(32)34/h5-6,9-10,18-21,24-25,29-30,35H,2-4,7-8,11-17H2,1H3/t18-,19+,20-,21-,24-,25+/m0/s1. The predicted molar refractivity (Wildman–Crippen MR) is 141 cm³/mol. The van der Waals surface area contributed by atoms with Crippen molar-refractivity contribution in [1.82, 2.24) is 15.1 Å². The molecule has 0 spiro atoms. The van der Waals surface area contributed by atoms with Gasteiger partial charge in [-0.3, -0.25) is 19.9 Å². The number of carbonyl (C=O) groups is 2. The van der Waals surface area contributed by atoms with E-state index in [2.05, 4.69) is 29.8 Å². The first kappa shape index (κ1) is 24.8. The molecule has 2 amide bonds. The van der Waals surface area contributed by atoms with E-state index in [1.807, 2.05) is 24.3 Å². The molecule has 35 heavy (non-hydrogen) atoms.